The van der Waals surface area contributed by atoms with Crippen molar-refractivity contribution in [1.29, 1.82) is 0 Å². The van der Waals surface area contributed by atoms with Gasteiger partial charge in [-0.15, -0.1) is 0 Å². The standard InChI is InChI=1S/C14H25BrO/c15-12-14(9-3-1-2-4-10-14)16-11-8-13-6-5-7-13/h13H,1-12H2. The Morgan fingerprint density at radius 3 is 2.19 bits per heavy atom. The summed E-state index contributed by atoms with van der Waals surface area (Å²) in [5, 5.41) is 1.03. The van der Waals surface area contributed by atoms with E-state index in [1.165, 1.54) is 64.2 Å². The molecule has 2 aliphatic carbocycles. The fraction of sp³-hybridized carbons (Fsp3) is 1.00. The zero-order valence-corrected chi connectivity index (χ0v) is 11.9. The van der Waals surface area contributed by atoms with Crippen LogP contribution in [-0.4, -0.2) is 17.5 Å². The Kier molecular flexibility index (Phi) is 5.15. The Balaban J connectivity index is 1.73. The van der Waals surface area contributed by atoms with Gasteiger partial charge < -0.3 is 4.74 Å². The quantitative estimate of drug-likeness (QED) is 0.527. The van der Waals surface area contributed by atoms with Gasteiger partial charge in [-0.1, -0.05) is 60.9 Å². The van der Waals surface area contributed by atoms with E-state index in [4.69, 9.17) is 4.74 Å². The van der Waals surface area contributed by atoms with Gasteiger partial charge in [-0.25, -0.2) is 0 Å². The van der Waals surface area contributed by atoms with Gasteiger partial charge >= 0.3 is 0 Å². The molecule has 0 aliphatic heterocycles. The van der Waals surface area contributed by atoms with E-state index in [2.05, 4.69) is 15.9 Å². The minimum Gasteiger partial charge on any atom is -0.374 e. The Morgan fingerprint density at radius 1 is 1.00 bits per heavy atom. The molecular formula is C14H25BrO. The monoisotopic (exact) mass is 288 g/mol. The van der Waals surface area contributed by atoms with Crippen molar-refractivity contribution < 1.29 is 4.74 Å². The molecule has 16 heavy (non-hydrogen) atoms. The number of halogens is 1. The van der Waals surface area contributed by atoms with Crippen LogP contribution < -0.4 is 0 Å². The van der Waals surface area contributed by atoms with E-state index >= 15 is 0 Å². The van der Waals surface area contributed by atoms with Crippen molar-refractivity contribution in [2.45, 2.75) is 69.8 Å². The molecule has 0 radical (unpaired) electrons. The van der Waals surface area contributed by atoms with Crippen LogP contribution in [0.2, 0.25) is 0 Å². The van der Waals surface area contributed by atoms with Crippen molar-refractivity contribution in [3.8, 4) is 0 Å². The van der Waals surface area contributed by atoms with E-state index in [1.807, 2.05) is 0 Å². The summed E-state index contributed by atoms with van der Waals surface area (Å²) in [4.78, 5) is 0. The van der Waals surface area contributed by atoms with Crippen LogP contribution in [0.15, 0.2) is 0 Å². The van der Waals surface area contributed by atoms with Crippen molar-refractivity contribution in [3.63, 3.8) is 0 Å². The normalized spacial score (nSPS) is 26.1. The fourth-order valence-corrected chi connectivity index (χ4v) is 3.64. The maximum Gasteiger partial charge on any atom is 0.0778 e. The third kappa shape index (κ3) is 3.46. The Hall–Kier alpha value is 0.440. The molecule has 94 valence electrons. The maximum atomic E-state index is 6.26. The first-order valence-corrected chi connectivity index (χ1v) is 8.17. The molecular weight excluding hydrogens is 264 g/mol. The minimum atomic E-state index is 0.181. The highest BCUT2D eigenvalue weighted by atomic mass is 79.9. The summed E-state index contributed by atoms with van der Waals surface area (Å²) >= 11 is 3.68. The van der Waals surface area contributed by atoms with Crippen LogP contribution in [0.5, 0.6) is 0 Å². The summed E-state index contributed by atoms with van der Waals surface area (Å²) in [5.74, 6) is 0.984. The average molecular weight is 289 g/mol. The highest BCUT2D eigenvalue weighted by Crippen LogP contribution is 2.34. The molecule has 0 spiro atoms. The Morgan fingerprint density at radius 2 is 1.69 bits per heavy atom. The van der Waals surface area contributed by atoms with Gasteiger partial charge in [0, 0.05) is 11.9 Å². The minimum absolute atomic E-state index is 0.181. The van der Waals surface area contributed by atoms with Crippen molar-refractivity contribution in [1.82, 2.24) is 0 Å². The molecule has 2 aliphatic rings. The largest absolute Gasteiger partial charge is 0.374 e. The van der Waals surface area contributed by atoms with Crippen LogP contribution in [0, 0.1) is 5.92 Å². The van der Waals surface area contributed by atoms with E-state index in [9.17, 15) is 0 Å². The van der Waals surface area contributed by atoms with Crippen LogP contribution in [0.4, 0.5) is 0 Å². The average Bonchev–Trinajstić information content (AvgIpc) is 2.48. The lowest BCUT2D eigenvalue weighted by molar-refractivity contribution is -0.0453. The first-order chi connectivity index (χ1) is 7.85. The molecule has 0 aromatic rings. The molecule has 0 saturated heterocycles. The van der Waals surface area contributed by atoms with Gasteiger partial charge in [0.25, 0.3) is 0 Å². The molecule has 0 heterocycles. The van der Waals surface area contributed by atoms with Crippen LogP contribution in [-0.2, 0) is 4.74 Å². The molecule has 0 aromatic carbocycles. The molecule has 1 nitrogen and oxygen atoms in total. The molecule has 0 atom stereocenters. The van der Waals surface area contributed by atoms with Gasteiger partial charge in [-0.3, -0.25) is 0 Å². The predicted molar refractivity (Wildman–Crippen MR) is 72.1 cm³/mol. The number of hydrogen-bond donors (Lipinski definition) is 0. The lowest BCUT2D eigenvalue weighted by Gasteiger charge is -2.33. The first-order valence-electron chi connectivity index (χ1n) is 7.05. The van der Waals surface area contributed by atoms with E-state index in [0.29, 0.717) is 0 Å². The molecule has 2 fully saturated rings. The first kappa shape index (κ1) is 12.9. The molecule has 2 saturated carbocycles. The Bertz CT molecular complexity index is 193. The number of alkyl halides is 1. The molecule has 2 rings (SSSR count). The zero-order chi connectivity index (χ0) is 11.3. The van der Waals surface area contributed by atoms with Crippen LogP contribution >= 0.6 is 15.9 Å². The van der Waals surface area contributed by atoms with E-state index in [0.717, 1.165) is 17.9 Å². The molecule has 0 aromatic heterocycles. The van der Waals surface area contributed by atoms with Crippen molar-refractivity contribution in [2.24, 2.45) is 5.92 Å². The summed E-state index contributed by atoms with van der Waals surface area (Å²) in [6, 6.07) is 0. The van der Waals surface area contributed by atoms with Crippen LogP contribution in [0.25, 0.3) is 0 Å². The summed E-state index contributed by atoms with van der Waals surface area (Å²) in [6.45, 7) is 0.996. The SMILES string of the molecule is BrCC1(OCCC2CCC2)CCCCCC1. The second-order valence-corrected chi connectivity index (χ2v) is 6.23. The molecule has 0 amide bonds. The van der Waals surface area contributed by atoms with Crippen molar-refractivity contribution in [3.05, 3.63) is 0 Å². The number of rotatable bonds is 5. The lowest BCUT2D eigenvalue weighted by Crippen LogP contribution is -2.35. The van der Waals surface area contributed by atoms with Gasteiger partial charge in [0.1, 0.15) is 0 Å². The molecule has 0 N–H and O–H groups in total. The smallest absolute Gasteiger partial charge is 0.0778 e. The van der Waals surface area contributed by atoms with Crippen LogP contribution in [0.1, 0.15) is 64.2 Å². The van der Waals surface area contributed by atoms with Gasteiger partial charge in [0.2, 0.25) is 0 Å². The predicted octanol–water partition coefficient (Wildman–Crippen LogP) is 4.68. The molecule has 0 bridgehead atoms. The molecule has 2 heteroatoms. The highest BCUT2D eigenvalue weighted by molar-refractivity contribution is 9.09. The maximum absolute atomic E-state index is 6.26. The van der Waals surface area contributed by atoms with E-state index in [-0.39, 0.29) is 5.60 Å². The third-order valence-electron chi connectivity index (χ3n) is 4.42. The second-order valence-electron chi connectivity index (χ2n) is 5.66. The van der Waals surface area contributed by atoms with E-state index < -0.39 is 0 Å². The van der Waals surface area contributed by atoms with Gasteiger partial charge in [-0.2, -0.15) is 0 Å². The van der Waals surface area contributed by atoms with E-state index in [1.54, 1.807) is 0 Å². The Labute approximate surface area is 108 Å². The topological polar surface area (TPSA) is 9.23 Å². The number of hydrogen-bond acceptors (Lipinski definition) is 1. The summed E-state index contributed by atoms with van der Waals surface area (Å²) < 4.78 is 6.26. The fourth-order valence-electron chi connectivity index (χ4n) is 2.91. The number of ether oxygens (including phenoxy) is 1. The lowest BCUT2D eigenvalue weighted by atomic mass is 9.83. The summed E-state index contributed by atoms with van der Waals surface area (Å²) in [6.07, 6.45) is 13.7. The van der Waals surface area contributed by atoms with Crippen LogP contribution in [0.3, 0.4) is 0 Å². The highest BCUT2D eigenvalue weighted by Gasteiger charge is 2.31. The van der Waals surface area contributed by atoms with Crippen molar-refractivity contribution >= 4 is 15.9 Å². The van der Waals surface area contributed by atoms with Gasteiger partial charge in [0.05, 0.1) is 5.60 Å². The summed E-state index contributed by atoms with van der Waals surface area (Å²) in [5.41, 5.74) is 0.181. The third-order valence-corrected chi connectivity index (χ3v) is 5.44. The van der Waals surface area contributed by atoms with Gasteiger partial charge in [-0.05, 0) is 25.2 Å². The summed E-state index contributed by atoms with van der Waals surface area (Å²) in [7, 11) is 0. The molecule has 0 unspecified atom stereocenters. The van der Waals surface area contributed by atoms with Crippen molar-refractivity contribution in [2.75, 3.05) is 11.9 Å². The second kappa shape index (κ2) is 6.39. The zero-order valence-electron chi connectivity index (χ0n) is 10.3. The van der Waals surface area contributed by atoms with Gasteiger partial charge in [0.15, 0.2) is 0 Å².